The van der Waals surface area contributed by atoms with Crippen LogP contribution >= 0.6 is 0 Å². The van der Waals surface area contributed by atoms with Crippen LogP contribution in [0.2, 0.25) is 0 Å². The van der Waals surface area contributed by atoms with Crippen LogP contribution in [0.5, 0.6) is 0 Å². The van der Waals surface area contributed by atoms with E-state index in [0.717, 1.165) is 25.9 Å². The predicted molar refractivity (Wildman–Crippen MR) is 94.7 cm³/mol. The van der Waals surface area contributed by atoms with Crippen molar-refractivity contribution in [3.8, 4) is 17.7 Å². The van der Waals surface area contributed by atoms with E-state index in [-0.39, 0.29) is 28.0 Å². The zero-order valence-electron chi connectivity index (χ0n) is 15.0. The number of morpholine rings is 1. The number of aryl methyl sites for hydroxylation is 1. The first kappa shape index (κ1) is 18.0. The lowest BCUT2D eigenvalue weighted by Crippen LogP contribution is -2.40. The molecule has 2 fully saturated rings. The summed E-state index contributed by atoms with van der Waals surface area (Å²) >= 11 is 0. The van der Waals surface area contributed by atoms with Gasteiger partial charge in [0, 0.05) is 32.2 Å². The molecule has 0 spiro atoms. The van der Waals surface area contributed by atoms with E-state index in [1.54, 1.807) is 6.92 Å². The summed E-state index contributed by atoms with van der Waals surface area (Å²) in [5, 5.41) is 9.35. The van der Waals surface area contributed by atoms with Gasteiger partial charge >= 0.3 is 0 Å². The molecule has 4 rings (SSSR count). The highest BCUT2D eigenvalue weighted by Crippen LogP contribution is 2.34. The number of hydrogen-bond donors (Lipinski definition) is 0. The lowest BCUT2D eigenvalue weighted by Gasteiger charge is -2.25. The Kier molecular flexibility index (Phi) is 4.67. The second-order valence-electron chi connectivity index (χ2n) is 6.53. The van der Waals surface area contributed by atoms with Crippen LogP contribution in [0.25, 0.3) is 11.7 Å². The second kappa shape index (κ2) is 6.99. The van der Waals surface area contributed by atoms with Crippen LogP contribution in [-0.2, 0) is 14.8 Å². The molecule has 27 heavy (non-hydrogen) atoms. The molecule has 0 amide bonds. The number of hydrogen-bond acceptors (Lipinski definition) is 8. The van der Waals surface area contributed by atoms with Crippen molar-refractivity contribution < 1.29 is 22.0 Å². The first-order chi connectivity index (χ1) is 13.0. The maximum atomic E-state index is 12.9. The highest BCUT2D eigenvalue weighted by molar-refractivity contribution is 7.89. The Balaban J connectivity index is 1.68. The summed E-state index contributed by atoms with van der Waals surface area (Å²) in [4.78, 5) is 6.25. The average molecular weight is 392 g/mol. The molecule has 2 aromatic rings. The van der Waals surface area contributed by atoms with Gasteiger partial charge in [-0.2, -0.15) is 14.6 Å². The third-order valence-corrected chi connectivity index (χ3v) is 6.79. The number of furan rings is 1. The number of nitriles is 1. The van der Waals surface area contributed by atoms with Gasteiger partial charge in [0.05, 0.1) is 13.2 Å². The van der Waals surface area contributed by atoms with Gasteiger partial charge in [-0.3, -0.25) is 0 Å². The van der Waals surface area contributed by atoms with Crippen LogP contribution < -0.4 is 4.90 Å². The summed E-state index contributed by atoms with van der Waals surface area (Å²) in [6, 6.07) is 3.45. The number of aromatic nitrogens is 1. The minimum Gasteiger partial charge on any atom is -0.455 e. The van der Waals surface area contributed by atoms with E-state index < -0.39 is 10.0 Å². The summed E-state index contributed by atoms with van der Waals surface area (Å²) in [6.07, 6.45) is 2.06. The van der Waals surface area contributed by atoms with Crippen molar-refractivity contribution in [3.05, 3.63) is 17.5 Å². The lowest BCUT2D eigenvalue weighted by atomic mass is 10.4. The first-order valence-electron chi connectivity index (χ1n) is 8.85. The summed E-state index contributed by atoms with van der Waals surface area (Å²) < 4.78 is 43.8. The molecule has 0 aromatic carbocycles. The van der Waals surface area contributed by atoms with Gasteiger partial charge < -0.3 is 18.5 Å². The van der Waals surface area contributed by atoms with E-state index in [9.17, 15) is 13.7 Å². The van der Waals surface area contributed by atoms with Crippen molar-refractivity contribution in [2.45, 2.75) is 24.7 Å². The number of ether oxygens (including phenoxy) is 1. The van der Waals surface area contributed by atoms with Crippen LogP contribution in [0.3, 0.4) is 0 Å². The van der Waals surface area contributed by atoms with E-state index in [2.05, 4.69) is 4.98 Å². The molecule has 2 aromatic heterocycles. The molecular formula is C17H20N4O5S. The number of sulfonamides is 1. The van der Waals surface area contributed by atoms with Gasteiger partial charge in [-0.1, -0.05) is 0 Å². The third kappa shape index (κ3) is 3.22. The zero-order valence-corrected chi connectivity index (χ0v) is 15.8. The fourth-order valence-corrected chi connectivity index (χ4v) is 4.95. The smallest absolute Gasteiger partial charge is 0.266 e. The van der Waals surface area contributed by atoms with Crippen molar-refractivity contribution in [1.82, 2.24) is 9.29 Å². The molecule has 0 N–H and O–H groups in total. The highest BCUT2D eigenvalue weighted by atomic mass is 32.2. The third-order valence-electron chi connectivity index (χ3n) is 4.78. The van der Waals surface area contributed by atoms with Gasteiger partial charge in [0.25, 0.3) is 5.89 Å². The molecule has 0 saturated carbocycles. The van der Waals surface area contributed by atoms with E-state index in [1.807, 2.05) is 11.0 Å². The molecule has 2 aliphatic rings. The van der Waals surface area contributed by atoms with Crippen molar-refractivity contribution in [2.75, 3.05) is 44.3 Å². The number of oxazole rings is 1. The molecule has 2 saturated heterocycles. The van der Waals surface area contributed by atoms with Crippen LogP contribution in [0.4, 0.5) is 5.88 Å². The molecule has 2 aliphatic heterocycles. The van der Waals surface area contributed by atoms with Crippen LogP contribution in [-0.4, -0.2) is 57.1 Å². The molecule has 10 heteroatoms. The SMILES string of the molecule is Cc1oc(-c2nc(C#N)c(N3CCCC3)o2)cc1S(=O)(=O)N1CCOCC1. The molecule has 4 heterocycles. The van der Waals surface area contributed by atoms with Crippen molar-refractivity contribution in [3.63, 3.8) is 0 Å². The Bertz CT molecular complexity index is 976. The minimum atomic E-state index is -3.69. The Labute approximate surface area is 157 Å². The van der Waals surface area contributed by atoms with Crippen LogP contribution in [0.1, 0.15) is 24.3 Å². The van der Waals surface area contributed by atoms with Gasteiger partial charge in [-0.05, 0) is 19.8 Å². The normalized spacial score (nSPS) is 18.7. The van der Waals surface area contributed by atoms with Crippen molar-refractivity contribution >= 4 is 15.9 Å². The molecule has 0 unspecified atom stereocenters. The zero-order chi connectivity index (χ0) is 19.0. The monoisotopic (exact) mass is 392 g/mol. The van der Waals surface area contributed by atoms with Crippen LogP contribution in [0.15, 0.2) is 19.8 Å². The second-order valence-corrected chi connectivity index (χ2v) is 8.43. The van der Waals surface area contributed by atoms with E-state index in [1.165, 1.54) is 10.4 Å². The fourth-order valence-electron chi connectivity index (χ4n) is 3.38. The van der Waals surface area contributed by atoms with E-state index >= 15 is 0 Å². The molecule has 9 nitrogen and oxygen atoms in total. The van der Waals surface area contributed by atoms with Gasteiger partial charge in [0.1, 0.15) is 16.7 Å². The number of nitrogens with zero attached hydrogens (tertiary/aromatic N) is 4. The average Bonchev–Trinajstić information content (AvgIpc) is 3.41. The number of rotatable bonds is 4. The minimum absolute atomic E-state index is 0.0823. The molecular weight excluding hydrogens is 372 g/mol. The fraction of sp³-hybridized carbons (Fsp3) is 0.529. The van der Waals surface area contributed by atoms with Gasteiger partial charge in [-0.25, -0.2) is 8.42 Å². The van der Waals surface area contributed by atoms with Gasteiger partial charge in [0.15, 0.2) is 5.76 Å². The molecule has 0 aliphatic carbocycles. The summed E-state index contributed by atoms with van der Waals surface area (Å²) in [5.41, 5.74) is 0.179. The quantitative estimate of drug-likeness (QED) is 0.773. The maximum absolute atomic E-state index is 12.9. The Morgan fingerprint density at radius 2 is 1.85 bits per heavy atom. The number of anilines is 1. The lowest BCUT2D eigenvalue weighted by molar-refractivity contribution is 0.0730. The van der Waals surface area contributed by atoms with Crippen LogP contribution in [0, 0.1) is 18.3 Å². The predicted octanol–water partition coefficient (Wildman–Crippen LogP) is 1.74. The maximum Gasteiger partial charge on any atom is 0.266 e. The largest absolute Gasteiger partial charge is 0.455 e. The Morgan fingerprint density at radius 3 is 2.52 bits per heavy atom. The standard InChI is InChI=1S/C17H20N4O5S/c1-12-15(27(22,23)21-6-8-24-9-7-21)10-14(25-12)16-19-13(11-18)17(26-16)20-4-2-3-5-20/h10H,2-9H2,1H3. The van der Waals surface area contributed by atoms with Crippen molar-refractivity contribution in [2.24, 2.45) is 0 Å². The molecule has 0 radical (unpaired) electrons. The first-order valence-corrected chi connectivity index (χ1v) is 10.3. The highest BCUT2D eigenvalue weighted by Gasteiger charge is 2.32. The van der Waals surface area contributed by atoms with Crippen molar-refractivity contribution in [1.29, 1.82) is 5.26 Å². The summed E-state index contributed by atoms with van der Waals surface area (Å²) in [6.45, 7) is 4.54. The van der Waals surface area contributed by atoms with E-state index in [4.69, 9.17) is 13.6 Å². The Hall–Kier alpha value is -2.35. The van der Waals surface area contributed by atoms with Gasteiger partial charge in [0.2, 0.25) is 21.6 Å². The topological polar surface area (TPSA) is 113 Å². The van der Waals surface area contributed by atoms with E-state index in [0.29, 0.717) is 32.2 Å². The summed E-state index contributed by atoms with van der Waals surface area (Å²) in [5.74, 6) is 0.980. The van der Waals surface area contributed by atoms with Gasteiger partial charge in [-0.15, -0.1) is 0 Å². The summed E-state index contributed by atoms with van der Waals surface area (Å²) in [7, 11) is -3.69. The molecule has 0 atom stereocenters. The molecule has 144 valence electrons. The Morgan fingerprint density at radius 1 is 1.15 bits per heavy atom. The molecule has 0 bridgehead atoms.